The molecule has 0 radical (unpaired) electrons. The molecule has 0 saturated carbocycles. The highest BCUT2D eigenvalue weighted by molar-refractivity contribution is 7.92. The van der Waals surface area contributed by atoms with Crippen molar-refractivity contribution in [3.8, 4) is 23.4 Å². The zero-order valence-electron chi connectivity index (χ0n) is 25.1. The van der Waals surface area contributed by atoms with Crippen LogP contribution in [0, 0.1) is 0 Å². The standard InChI is InChI=1S/C29H31F3N6O7S/c1-37-22(27(39)34-20-16-19(29(30,31)32)17-21(26(20)42-2)36-46(3,40)41)15-18-5-4-6-23(25(18)37)45-24-7-8-33-28(35-24)44-14-11-38-9-12-43-13-10-38/h4-8,15-17,36H,9-14H2,1-3H3,(H,34,39). The number of anilines is 2. The van der Waals surface area contributed by atoms with Crippen LogP contribution in [0.15, 0.2) is 48.7 Å². The van der Waals surface area contributed by atoms with Crippen molar-refractivity contribution in [2.75, 3.05) is 62.9 Å². The Bertz CT molecular complexity index is 1840. The average molecular weight is 665 g/mol. The molecule has 0 bridgehead atoms. The summed E-state index contributed by atoms with van der Waals surface area (Å²) in [7, 11) is -1.26. The van der Waals surface area contributed by atoms with Gasteiger partial charge >= 0.3 is 12.2 Å². The maximum absolute atomic E-state index is 13.7. The van der Waals surface area contributed by atoms with Gasteiger partial charge < -0.3 is 28.8 Å². The Balaban J connectivity index is 1.39. The summed E-state index contributed by atoms with van der Waals surface area (Å²) in [4.78, 5) is 24.1. The maximum atomic E-state index is 13.7. The lowest BCUT2D eigenvalue weighted by atomic mass is 10.1. The summed E-state index contributed by atoms with van der Waals surface area (Å²) in [6.45, 7) is 4.06. The highest BCUT2D eigenvalue weighted by atomic mass is 32.2. The summed E-state index contributed by atoms with van der Waals surface area (Å²) >= 11 is 0. The van der Waals surface area contributed by atoms with Crippen LogP contribution in [0.25, 0.3) is 10.9 Å². The Morgan fingerprint density at radius 3 is 2.54 bits per heavy atom. The van der Waals surface area contributed by atoms with Crippen LogP contribution in [0.1, 0.15) is 16.1 Å². The molecule has 5 rings (SSSR count). The van der Waals surface area contributed by atoms with Crippen molar-refractivity contribution in [3.63, 3.8) is 0 Å². The molecule has 13 nitrogen and oxygen atoms in total. The number of para-hydroxylation sites is 1. The van der Waals surface area contributed by atoms with E-state index < -0.39 is 39.0 Å². The van der Waals surface area contributed by atoms with Gasteiger partial charge in [-0.25, -0.2) is 13.4 Å². The quantitative estimate of drug-likeness (QED) is 0.240. The Labute approximate surface area is 262 Å². The minimum Gasteiger partial charge on any atom is -0.492 e. The zero-order valence-corrected chi connectivity index (χ0v) is 25.9. The predicted octanol–water partition coefficient (Wildman–Crippen LogP) is 4.12. The molecule has 4 aromatic rings. The number of carbonyl (C=O) groups is 1. The summed E-state index contributed by atoms with van der Waals surface area (Å²) in [5.74, 6) is -0.559. The number of nitrogens with zero attached hydrogens (tertiary/aromatic N) is 4. The van der Waals surface area contributed by atoms with Crippen molar-refractivity contribution in [2.24, 2.45) is 7.05 Å². The molecule has 46 heavy (non-hydrogen) atoms. The number of benzene rings is 2. The fourth-order valence-corrected chi connectivity index (χ4v) is 5.45. The van der Waals surface area contributed by atoms with Crippen LogP contribution in [0.5, 0.6) is 23.4 Å². The first kappa shape index (κ1) is 32.8. The minimum atomic E-state index is -4.85. The van der Waals surface area contributed by atoms with Crippen LogP contribution in [-0.4, -0.2) is 86.6 Å². The minimum absolute atomic E-state index is 0.0676. The largest absolute Gasteiger partial charge is 0.492 e. The molecule has 1 aliphatic rings. The van der Waals surface area contributed by atoms with E-state index in [9.17, 15) is 26.4 Å². The molecule has 17 heteroatoms. The summed E-state index contributed by atoms with van der Waals surface area (Å²) in [6.07, 6.45) is -2.58. The van der Waals surface area contributed by atoms with Gasteiger partial charge in [0.1, 0.15) is 12.3 Å². The van der Waals surface area contributed by atoms with Gasteiger partial charge in [0.2, 0.25) is 15.9 Å². The number of aromatic nitrogens is 3. The van der Waals surface area contributed by atoms with Crippen LogP contribution >= 0.6 is 0 Å². The summed E-state index contributed by atoms with van der Waals surface area (Å²) in [5, 5.41) is 3.02. The van der Waals surface area contributed by atoms with Crippen LogP contribution < -0.4 is 24.2 Å². The van der Waals surface area contributed by atoms with Crippen molar-refractivity contribution >= 4 is 38.2 Å². The first-order chi connectivity index (χ1) is 21.8. The van der Waals surface area contributed by atoms with Crippen molar-refractivity contribution in [2.45, 2.75) is 6.18 Å². The normalized spacial score (nSPS) is 14.2. The van der Waals surface area contributed by atoms with E-state index in [2.05, 4.69) is 20.2 Å². The molecule has 0 unspecified atom stereocenters. The van der Waals surface area contributed by atoms with Crippen molar-refractivity contribution in [3.05, 3.63) is 59.9 Å². The van der Waals surface area contributed by atoms with E-state index in [1.807, 2.05) is 4.72 Å². The molecule has 2 aromatic heterocycles. The topological polar surface area (TPSA) is 146 Å². The number of carbonyl (C=O) groups excluding carboxylic acids is 1. The second kappa shape index (κ2) is 13.4. The third-order valence-electron chi connectivity index (χ3n) is 6.98. The number of sulfonamides is 1. The molecular weight excluding hydrogens is 633 g/mol. The van der Waals surface area contributed by atoms with Crippen LogP contribution in [-0.2, 0) is 28.0 Å². The zero-order chi connectivity index (χ0) is 33.1. The number of aryl methyl sites for hydroxylation is 1. The number of rotatable bonds is 11. The van der Waals surface area contributed by atoms with Gasteiger partial charge in [-0.2, -0.15) is 18.2 Å². The Kier molecular flexibility index (Phi) is 9.55. The van der Waals surface area contributed by atoms with Crippen molar-refractivity contribution in [1.29, 1.82) is 0 Å². The highest BCUT2D eigenvalue weighted by Gasteiger charge is 2.33. The van der Waals surface area contributed by atoms with E-state index in [4.69, 9.17) is 18.9 Å². The van der Waals surface area contributed by atoms with E-state index in [1.165, 1.54) is 16.8 Å². The van der Waals surface area contributed by atoms with Gasteiger partial charge in [-0.1, -0.05) is 12.1 Å². The molecule has 2 N–H and O–H groups in total. The second-order valence-corrected chi connectivity index (χ2v) is 12.0. The molecule has 0 aliphatic carbocycles. The lowest BCUT2D eigenvalue weighted by molar-refractivity contribution is -0.137. The van der Waals surface area contributed by atoms with Gasteiger partial charge in [-0.05, 0) is 24.3 Å². The first-order valence-corrected chi connectivity index (χ1v) is 15.8. The highest BCUT2D eigenvalue weighted by Crippen LogP contribution is 2.41. The Hall–Kier alpha value is -4.61. The number of fused-ring (bicyclic) bond motifs is 1. The van der Waals surface area contributed by atoms with Crippen LogP contribution in [0.3, 0.4) is 0 Å². The SMILES string of the molecule is COc1c(NC(=O)c2cc3cccc(Oc4ccnc(OCCN5CCOCC5)n4)c3n2C)cc(C(F)(F)F)cc1NS(C)(=O)=O. The average Bonchev–Trinajstić information content (AvgIpc) is 3.34. The Morgan fingerprint density at radius 1 is 1.11 bits per heavy atom. The van der Waals surface area contributed by atoms with E-state index in [0.717, 1.165) is 26.5 Å². The number of amides is 1. The van der Waals surface area contributed by atoms with Gasteiger partial charge in [0, 0.05) is 44.3 Å². The van der Waals surface area contributed by atoms with Gasteiger partial charge in [-0.15, -0.1) is 0 Å². The predicted molar refractivity (Wildman–Crippen MR) is 162 cm³/mol. The molecule has 1 amide bonds. The van der Waals surface area contributed by atoms with E-state index in [0.29, 0.717) is 55.2 Å². The lowest BCUT2D eigenvalue weighted by Gasteiger charge is -2.26. The van der Waals surface area contributed by atoms with Gasteiger partial charge in [0.15, 0.2) is 11.5 Å². The third kappa shape index (κ3) is 7.78. The molecular formula is C29H31F3N6O7S. The molecule has 3 heterocycles. The third-order valence-corrected chi connectivity index (χ3v) is 7.57. The Morgan fingerprint density at radius 2 is 1.85 bits per heavy atom. The molecule has 2 aromatic carbocycles. The van der Waals surface area contributed by atoms with Crippen molar-refractivity contribution in [1.82, 2.24) is 19.4 Å². The maximum Gasteiger partial charge on any atom is 0.416 e. The number of hydrogen-bond acceptors (Lipinski definition) is 10. The number of nitrogens with one attached hydrogen (secondary N) is 2. The number of methoxy groups -OCH3 is 1. The lowest BCUT2D eigenvalue weighted by Crippen LogP contribution is -2.38. The molecule has 246 valence electrons. The summed E-state index contributed by atoms with van der Waals surface area (Å²) < 4.78 is 90.6. The van der Waals surface area contributed by atoms with E-state index >= 15 is 0 Å². The monoisotopic (exact) mass is 664 g/mol. The molecule has 1 fully saturated rings. The molecule has 1 aliphatic heterocycles. The van der Waals surface area contributed by atoms with Crippen molar-refractivity contribution < 1.29 is 45.3 Å². The fourth-order valence-electron chi connectivity index (χ4n) is 4.90. The molecule has 0 spiro atoms. The first-order valence-electron chi connectivity index (χ1n) is 13.9. The summed E-state index contributed by atoms with van der Waals surface area (Å²) in [5.41, 5.74) is -1.51. The number of morpholine rings is 1. The summed E-state index contributed by atoms with van der Waals surface area (Å²) in [6, 6.07) is 9.58. The molecule has 1 saturated heterocycles. The number of halogens is 3. The van der Waals surface area contributed by atoms with Gasteiger partial charge in [0.25, 0.3) is 5.91 Å². The molecule has 0 atom stereocenters. The van der Waals surface area contributed by atoms with Crippen LogP contribution in [0.2, 0.25) is 0 Å². The van der Waals surface area contributed by atoms with Crippen LogP contribution in [0.4, 0.5) is 24.5 Å². The second-order valence-electron chi connectivity index (χ2n) is 10.3. The number of ether oxygens (including phenoxy) is 4. The number of alkyl halides is 3. The number of hydrogen-bond donors (Lipinski definition) is 2. The fraction of sp³-hybridized carbons (Fsp3) is 0.345. The van der Waals surface area contributed by atoms with E-state index in [-0.39, 0.29) is 23.3 Å². The van der Waals surface area contributed by atoms with Gasteiger partial charge in [0.05, 0.1) is 49.0 Å². The smallest absolute Gasteiger partial charge is 0.416 e. The van der Waals surface area contributed by atoms with Gasteiger partial charge in [-0.3, -0.25) is 14.4 Å². The van der Waals surface area contributed by atoms with E-state index in [1.54, 1.807) is 31.3 Å².